The number of nitrogens with one attached hydrogen (secondary N) is 1. The van der Waals surface area contributed by atoms with Gasteiger partial charge in [0.15, 0.2) is 0 Å². The lowest BCUT2D eigenvalue weighted by Gasteiger charge is -2.46. The number of alkyl carbamates (subject to hydrolysis) is 1. The first kappa shape index (κ1) is 25.5. The Hall–Kier alpha value is -3.55. The van der Waals surface area contributed by atoms with Crippen LogP contribution in [0.3, 0.4) is 0 Å². The number of nitrogens with zero attached hydrogens (tertiary/aromatic N) is 1. The van der Waals surface area contributed by atoms with E-state index >= 15 is 0 Å². The van der Waals surface area contributed by atoms with E-state index in [1.54, 1.807) is 20.8 Å². The Morgan fingerprint density at radius 3 is 2.11 bits per heavy atom. The average Bonchev–Trinajstić information content (AvgIpc) is 3.11. The van der Waals surface area contributed by atoms with Crippen LogP contribution in [0.15, 0.2) is 48.5 Å². The van der Waals surface area contributed by atoms with Gasteiger partial charge in [-0.25, -0.2) is 14.4 Å². The molecular formula is C28H34N2O6. The van der Waals surface area contributed by atoms with Crippen molar-refractivity contribution in [3.8, 4) is 11.1 Å². The van der Waals surface area contributed by atoms with Crippen LogP contribution in [-0.2, 0) is 14.3 Å². The van der Waals surface area contributed by atoms with Gasteiger partial charge in [-0.05, 0) is 54.9 Å². The molecule has 1 aliphatic carbocycles. The molecule has 1 saturated heterocycles. The summed E-state index contributed by atoms with van der Waals surface area (Å²) < 4.78 is 11.1. The third-order valence-corrected chi connectivity index (χ3v) is 6.97. The van der Waals surface area contributed by atoms with Crippen LogP contribution in [0.4, 0.5) is 9.59 Å². The number of rotatable bonds is 4. The molecule has 2 N–H and O–H groups in total. The van der Waals surface area contributed by atoms with E-state index in [-0.39, 0.29) is 25.5 Å². The topological polar surface area (TPSA) is 105 Å². The number of carboxylic acid groups (broad SMARTS) is 1. The van der Waals surface area contributed by atoms with Gasteiger partial charge < -0.3 is 19.9 Å². The molecule has 8 heteroatoms. The predicted octanol–water partition coefficient (Wildman–Crippen LogP) is 5.01. The molecule has 2 unspecified atom stereocenters. The van der Waals surface area contributed by atoms with Gasteiger partial charge in [0.05, 0.1) is 6.04 Å². The summed E-state index contributed by atoms with van der Waals surface area (Å²) in [6.07, 6.45) is -1.16. The minimum absolute atomic E-state index is 0.00305. The minimum atomic E-state index is -1.10. The molecule has 36 heavy (non-hydrogen) atoms. The molecule has 0 saturated carbocycles. The first-order chi connectivity index (χ1) is 16.9. The molecule has 0 bridgehead atoms. The van der Waals surface area contributed by atoms with Gasteiger partial charge in [-0.15, -0.1) is 0 Å². The Kier molecular flexibility index (Phi) is 6.73. The van der Waals surface area contributed by atoms with Gasteiger partial charge in [-0.1, -0.05) is 62.4 Å². The Morgan fingerprint density at radius 1 is 1.03 bits per heavy atom. The minimum Gasteiger partial charge on any atom is -0.480 e. The molecule has 0 radical (unpaired) electrons. The van der Waals surface area contributed by atoms with Crippen molar-refractivity contribution in [2.24, 2.45) is 5.41 Å². The maximum absolute atomic E-state index is 12.9. The van der Waals surface area contributed by atoms with E-state index in [1.807, 2.05) is 38.1 Å². The van der Waals surface area contributed by atoms with E-state index in [9.17, 15) is 19.5 Å². The number of amides is 2. The fourth-order valence-electron chi connectivity index (χ4n) is 5.09. The lowest BCUT2D eigenvalue weighted by atomic mass is 9.75. The van der Waals surface area contributed by atoms with Crippen molar-refractivity contribution < 1.29 is 29.0 Å². The van der Waals surface area contributed by atoms with Crippen LogP contribution in [0, 0.1) is 5.41 Å². The van der Waals surface area contributed by atoms with E-state index in [0.717, 1.165) is 22.3 Å². The fourth-order valence-corrected chi connectivity index (χ4v) is 5.09. The highest BCUT2D eigenvalue weighted by atomic mass is 16.6. The summed E-state index contributed by atoms with van der Waals surface area (Å²) in [6, 6.07) is 14.6. The molecule has 4 rings (SSSR count). The third kappa shape index (κ3) is 5.17. The lowest BCUT2D eigenvalue weighted by Crippen LogP contribution is -2.63. The van der Waals surface area contributed by atoms with E-state index < -0.39 is 41.3 Å². The molecule has 8 nitrogen and oxygen atoms in total. The van der Waals surface area contributed by atoms with Gasteiger partial charge in [0.25, 0.3) is 0 Å². The maximum atomic E-state index is 12.9. The lowest BCUT2D eigenvalue weighted by molar-refractivity contribution is -0.147. The number of carbonyl (C=O) groups excluding carboxylic acids is 2. The second-order valence-corrected chi connectivity index (χ2v) is 11.2. The quantitative estimate of drug-likeness (QED) is 0.619. The molecule has 1 fully saturated rings. The van der Waals surface area contributed by atoms with Crippen LogP contribution >= 0.6 is 0 Å². The highest BCUT2D eigenvalue weighted by molar-refractivity contribution is 5.81. The molecule has 0 aromatic heterocycles. The molecule has 2 aromatic rings. The van der Waals surface area contributed by atoms with E-state index in [4.69, 9.17) is 9.47 Å². The predicted molar refractivity (Wildman–Crippen MR) is 135 cm³/mol. The summed E-state index contributed by atoms with van der Waals surface area (Å²) in [7, 11) is 0. The van der Waals surface area contributed by atoms with Gasteiger partial charge in [0.1, 0.15) is 18.2 Å². The number of hydrogen-bond donors (Lipinski definition) is 2. The van der Waals surface area contributed by atoms with Crippen LogP contribution in [-0.4, -0.2) is 59.0 Å². The molecule has 0 spiro atoms. The van der Waals surface area contributed by atoms with Crippen molar-refractivity contribution in [3.63, 3.8) is 0 Å². The molecule has 2 atom stereocenters. The number of carbonyl (C=O) groups is 3. The zero-order valence-electron chi connectivity index (χ0n) is 21.4. The summed E-state index contributed by atoms with van der Waals surface area (Å²) in [5.41, 5.74) is 3.15. The number of hydrogen-bond acceptors (Lipinski definition) is 5. The first-order valence-electron chi connectivity index (χ1n) is 12.2. The number of aliphatic carboxylic acids is 1. The van der Waals surface area contributed by atoms with E-state index in [1.165, 1.54) is 4.90 Å². The van der Waals surface area contributed by atoms with Gasteiger partial charge in [0, 0.05) is 12.5 Å². The van der Waals surface area contributed by atoms with Crippen LogP contribution in [0.2, 0.25) is 0 Å². The largest absolute Gasteiger partial charge is 0.480 e. The zero-order valence-corrected chi connectivity index (χ0v) is 21.4. The fraction of sp³-hybridized carbons (Fsp3) is 0.464. The number of benzene rings is 2. The molecular weight excluding hydrogens is 460 g/mol. The Balaban J connectivity index is 1.46. The summed E-state index contributed by atoms with van der Waals surface area (Å²) in [4.78, 5) is 38.8. The maximum Gasteiger partial charge on any atom is 0.411 e. The molecule has 2 amide bonds. The van der Waals surface area contributed by atoms with Crippen LogP contribution < -0.4 is 5.32 Å². The summed E-state index contributed by atoms with van der Waals surface area (Å²) in [5, 5.41) is 12.6. The second kappa shape index (κ2) is 9.48. The van der Waals surface area contributed by atoms with E-state index in [0.29, 0.717) is 0 Å². The number of piperidine rings is 1. The molecule has 2 aromatic carbocycles. The van der Waals surface area contributed by atoms with Crippen molar-refractivity contribution in [3.05, 3.63) is 59.7 Å². The SMILES string of the molecule is CC(C)(C)OC(=O)N1CC(NC(=O)OCC2c3ccccc3-c3ccccc32)C(C)(C)CC1C(=O)O. The van der Waals surface area contributed by atoms with Gasteiger partial charge in [-0.2, -0.15) is 0 Å². The highest BCUT2D eigenvalue weighted by Crippen LogP contribution is 2.44. The third-order valence-electron chi connectivity index (χ3n) is 6.97. The second-order valence-electron chi connectivity index (χ2n) is 11.2. The summed E-state index contributed by atoms with van der Waals surface area (Å²) >= 11 is 0. The monoisotopic (exact) mass is 494 g/mol. The van der Waals surface area contributed by atoms with Crippen molar-refractivity contribution >= 4 is 18.2 Å². The van der Waals surface area contributed by atoms with Gasteiger partial charge >= 0.3 is 18.2 Å². The van der Waals surface area contributed by atoms with E-state index in [2.05, 4.69) is 29.6 Å². The standard InChI is InChI=1S/C28H34N2O6/c1-27(2,3)36-26(34)30-15-23(28(4,5)14-22(30)24(31)32)29-25(33)35-16-21-19-12-8-6-10-17(19)18-11-7-9-13-20(18)21/h6-13,21-23H,14-16H2,1-5H3,(H,29,33)(H,31,32). The van der Waals surface area contributed by atoms with Crippen LogP contribution in [0.5, 0.6) is 0 Å². The number of ether oxygens (including phenoxy) is 2. The molecule has 192 valence electrons. The van der Waals surface area contributed by atoms with Crippen LogP contribution in [0.25, 0.3) is 11.1 Å². The summed E-state index contributed by atoms with van der Waals surface area (Å²) in [6.45, 7) is 9.10. The first-order valence-corrected chi connectivity index (χ1v) is 12.2. The van der Waals surface area contributed by atoms with Crippen molar-refractivity contribution in [1.82, 2.24) is 10.2 Å². The Morgan fingerprint density at radius 2 is 1.58 bits per heavy atom. The van der Waals surface area contributed by atoms with Crippen molar-refractivity contribution in [2.75, 3.05) is 13.2 Å². The zero-order chi connectivity index (χ0) is 26.3. The average molecular weight is 495 g/mol. The highest BCUT2D eigenvalue weighted by Gasteiger charge is 2.47. The molecule has 1 aliphatic heterocycles. The molecule has 1 heterocycles. The molecule has 2 aliphatic rings. The summed E-state index contributed by atoms with van der Waals surface area (Å²) in [5.74, 6) is -1.18. The smallest absolute Gasteiger partial charge is 0.411 e. The van der Waals surface area contributed by atoms with Crippen molar-refractivity contribution in [1.29, 1.82) is 0 Å². The van der Waals surface area contributed by atoms with Gasteiger partial charge in [0.2, 0.25) is 0 Å². The number of carboxylic acids is 1. The number of fused-ring (bicyclic) bond motifs is 3. The van der Waals surface area contributed by atoms with Gasteiger partial charge in [-0.3, -0.25) is 4.90 Å². The van der Waals surface area contributed by atoms with Crippen molar-refractivity contribution in [2.45, 2.75) is 64.6 Å². The Labute approximate surface area is 211 Å². The number of likely N-dealkylation sites (tertiary alicyclic amines) is 1. The van der Waals surface area contributed by atoms with Crippen LogP contribution in [0.1, 0.15) is 58.1 Å². The normalized spacial score (nSPS) is 20.8. The Bertz CT molecular complexity index is 1120.